The molecule has 0 heterocycles. The minimum atomic E-state index is -0.610. The Bertz CT molecular complexity index is 493. The van der Waals surface area contributed by atoms with Gasteiger partial charge in [0.1, 0.15) is 0 Å². The summed E-state index contributed by atoms with van der Waals surface area (Å²) in [7, 11) is 1.59. The molecule has 0 aliphatic rings. The summed E-state index contributed by atoms with van der Waals surface area (Å²) in [5, 5.41) is 13.5. The van der Waals surface area contributed by atoms with Gasteiger partial charge in [-0.3, -0.25) is 14.9 Å². The van der Waals surface area contributed by atoms with Crippen LogP contribution in [0.1, 0.15) is 31.4 Å². The topological polar surface area (TPSA) is 107 Å². The molecule has 0 aromatic heterocycles. The Morgan fingerprint density at radius 2 is 2.24 bits per heavy atom. The Labute approximate surface area is 123 Å². The molecular formula is C14H21N3O4. The van der Waals surface area contributed by atoms with Crippen LogP contribution in [0.5, 0.6) is 0 Å². The van der Waals surface area contributed by atoms with E-state index in [4.69, 9.17) is 10.5 Å². The maximum absolute atomic E-state index is 11.9. The average Bonchev–Trinajstić information content (AvgIpc) is 2.47. The van der Waals surface area contributed by atoms with Crippen molar-refractivity contribution in [2.24, 2.45) is 5.73 Å². The van der Waals surface area contributed by atoms with Gasteiger partial charge in [0.25, 0.3) is 5.69 Å². The zero-order chi connectivity index (χ0) is 15.8. The van der Waals surface area contributed by atoms with Crippen LogP contribution >= 0.6 is 0 Å². The molecule has 0 spiro atoms. The molecule has 1 rings (SSSR count). The molecule has 0 aliphatic heterocycles. The van der Waals surface area contributed by atoms with Gasteiger partial charge in [-0.15, -0.1) is 0 Å². The van der Waals surface area contributed by atoms with Crippen LogP contribution in [0.15, 0.2) is 24.3 Å². The van der Waals surface area contributed by atoms with Gasteiger partial charge in [0.15, 0.2) is 0 Å². The van der Waals surface area contributed by atoms with Gasteiger partial charge in [0.2, 0.25) is 5.91 Å². The van der Waals surface area contributed by atoms with Gasteiger partial charge in [-0.05, 0) is 25.3 Å². The molecule has 116 valence electrons. The number of nitrogens with zero attached hydrogens (tertiary/aromatic N) is 1. The van der Waals surface area contributed by atoms with Gasteiger partial charge >= 0.3 is 0 Å². The predicted molar refractivity (Wildman–Crippen MR) is 78.7 cm³/mol. The lowest BCUT2D eigenvalue weighted by atomic mass is 10.1. The van der Waals surface area contributed by atoms with E-state index in [1.165, 1.54) is 12.1 Å². The summed E-state index contributed by atoms with van der Waals surface area (Å²) in [6, 6.07) is 5.23. The highest BCUT2D eigenvalue weighted by atomic mass is 16.6. The molecule has 0 bridgehead atoms. The predicted octanol–water partition coefficient (Wildman–Crippen LogP) is 1.53. The van der Waals surface area contributed by atoms with Crippen LogP contribution in [0.4, 0.5) is 5.69 Å². The number of amides is 1. The number of ether oxygens (including phenoxy) is 1. The molecule has 7 nitrogen and oxygen atoms in total. The standard InChI is InChI=1S/C14H21N3O4/c1-10(11-5-3-6-12(9-11)17(19)20)16-14(18)13(15)7-4-8-21-2/h3,5-6,9-10,13H,4,7-8,15H2,1-2H3,(H,16,18). The van der Waals surface area contributed by atoms with Crippen molar-refractivity contribution < 1.29 is 14.5 Å². The summed E-state index contributed by atoms with van der Waals surface area (Å²) in [5.41, 5.74) is 6.45. The Morgan fingerprint density at radius 3 is 2.86 bits per heavy atom. The van der Waals surface area contributed by atoms with Crippen molar-refractivity contribution in [2.45, 2.75) is 31.8 Å². The number of hydrogen-bond acceptors (Lipinski definition) is 5. The molecule has 0 aliphatic carbocycles. The molecule has 1 aromatic rings. The number of carbonyl (C=O) groups is 1. The minimum absolute atomic E-state index is 0.00186. The number of nitrogens with one attached hydrogen (secondary N) is 1. The second kappa shape index (κ2) is 8.33. The number of nitro groups is 1. The van der Waals surface area contributed by atoms with Gasteiger partial charge in [-0.2, -0.15) is 0 Å². The molecule has 0 saturated carbocycles. The minimum Gasteiger partial charge on any atom is -0.385 e. The molecule has 0 fully saturated rings. The molecule has 2 unspecified atom stereocenters. The molecule has 21 heavy (non-hydrogen) atoms. The number of hydrogen-bond donors (Lipinski definition) is 2. The Kier molecular flexibility index (Phi) is 6.77. The number of nitro benzene ring substituents is 1. The second-order valence-electron chi connectivity index (χ2n) is 4.82. The number of nitrogens with two attached hydrogens (primary N) is 1. The second-order valence-corrected chi connectivity index (χ2v) is 4.82. The van der Waals surface area contributed by atoms with Crippen LogP contribution < -0.4 is 11.1 Å². The van der Waals surface area contributed by atoms with Gasteiger partial charge in [-0.1, -0.05) is 12.1 Å². The van der Waals surface area contributed by atoms with Gasteiger partial charge in [0.05, 0.1) is 17.0 Å². The van der Waals surface area contributed by atoms with E-state index in [1.54, 1.807) is 26.2 Å². The van der Waals surface area contributed by atoms with Crippen molar-refractivity contribution in [1.29, 1.82) is 0 Å². The van der Waals surface area contributed by atoms with Crippen molar-refractivity contribution in [1.82, 2.24) is 5.32 Å². The van der Waals surface area contributed by atoms with Crippen LogP contribution in [0.2, 0.25) is 0 Å². The quantitative estimate of drug-likeness (QED) is 0.429. The van der Waals surface area contributed by atoms with Crippen molar-refractivity contribution in [2.75, 3.05) is 13.7 Å². The third-order valence-corrected chi connectivity index (χ3v) is 3.14. The Hall–Kier alpha value is -1.99. The highest BCUT2D eigenvalue weighted by molar-refractivity contribution is 5.81. The highest BCUT2D eigenvalue weighted by Gasteiger charge is 2.17. The summed E-state index contributed by atoms with van der Waals surface area (Å²) >= 11 is 0. The first kappa shape index (κ1) is 17.1. The number of methoxy groups -OCH3 is 1. The third kappa shape index (κ3) is 5.49. The number of non-ortho nitro benzene ring substituents is 1. The fraction of sp³-hybridized carbons (Fsp3) is 0.500. The van der Waals surface area contributed by atoms with Crippen LogP contribution in [0, 0.1) is 10.1 Å². The van der Waals surface area contributed by atoms with Crippen LogP contribution in [-0.2, 0) is 9.53 Å². The molecule has 0 radical (unpaired) electrons. The largest absolute Gasteiger partial charge is 0.385 e. The average molecular weight is 295 g/mol. The number of benzene rings is 1. The van der Waals surface area contributed by atoms with Crippen molar-refractivity contribution in [3.8, 4) is 0 Å². The first-order chi connectivity index (χ1) is 9.95. The first-order valence-corrected chi connectivity index (χ1v) is 6.75. The number of carbonyl (C=O) groups excluding carboxylic acids is 1. The molecule has 3 N–H and O–H groups in total. The van der Waals surface area contributed by atoms with E-state index in [0.717, 1.165) is 0 Å². The first-order valence-electron chi connectivity index (χ1n) is 6.75. The van der Waals surface area contributed by atoms with E-state index in [0.29, 0.717) is 25.0 Å². The van der Waals surface area contributed by atoms with Crippen molar-refractivity contribution in [3.63, 3.8) is 0 Å². The van der Waals surface area contributed by atoms with Crippen LogP contribution in [0.25, 0.3) is 0 Å². The van der Waals surface area contributed by atoms with Crippen LogP contribution in [-0.4, -0.2) is 30.6 Å². The fourth-order valence-electron chi connectivity index (χ4n) is 1.89. The zero-order valence-electron chi connectivity index (χ0n) is 12.2. The normalized spacial score (nSPS) is 13.5. The third-order valence-electron chi connectivity index (χ3n) is 3.14. The van der Waals surface area contributed by atoms with E-state index in [1.807, 2.05) is 0 Å². The summed E-state index contributed by atoms with van der Waals surface area (Å²) in [6.07, 6.45) is 1.23. The smallest absolute Gasteiger partial charge is 0.269 e. The molecule has 7 heteroatoms. The highest BCUT2D eigenvalue weighted by Crippen LogP contribution is 2.19. The van der Waals surface area contributed by atoms with Gasteiger partial charge in [-0.25, -0.2) is 0 Å². The summed E-state index contributed by atoms with van der Waals surface area (Å²) in [6.45, 7) is 2.32. The lowest BCUT2D eigenvalue weighted by Gasteiger charge is -2.17. The van der Waals surface area contributed by atoms with E-state index < -0.39 is 11.0 Å². The summed E-state index contributed by atoms with van der Waals surface area (Å²) in [5.74, 6) is -0.273. The maximum atomic E-state index is 11.9. The van der Waals surface area contributed by atoms with Crippen molar-refractivity contribution in [3.05, 3.63) is 39.9 Å². The number of rotatable bonds is 8. The lowest BCUT2D eigenvalue weighted by Crippen LogP contribution is -2.41. The van der Waals surface area contributed by atoms with Gasteiger partial charge in [0, 0.05) is 25.8 Å². The Morgan fingerprint density at radius 1 is 1.52 bits per heavy atom. The monoisotopic (exact) mass is 295 g/mol. The van der Waals surface area contributed by atoms with E-state index in [9.17, 15) is 14.9 Å². The molecule has 1 aromatic carbocycles. The van der Waals surface area contributed by atoms with E-state index in [-0.39, 0.29) is 17.6 Å². The van der Waals surface area contributed by atoms with E-state index in [2.05, 4.69) is 5.32 Å². The SMILES string of the molecule is COCCCC(N)C(=O)NC(C)c1cccc([N+](=O)[O-])c1. The summed E-state index contributed by atoms with van der Waals surface area (Å²) < 4.78 is 4.91. The zero-order valence-corrected chi connectivity index (χ0v) is 12.2. The lowest BCUT2D eigenvalue weighted by molar-refractivity contribution is -0.384. The molecular weight excluding hydrogens is 274 g/mol. The molecule has 0 saturated heterocycles. The summed E-state index contributed by atoms with van der Waals surface area (Å²) in [4.78, 5) is 22.2. The van der Waals surface area contributed by atoms with E-state index >= 15 is 0 Å². The fourth-order valence-corrected chi connectivity index (χ4v) is 1.89. The Balaban J connectivity index is 2.59. The van der Waals surface area contributed by atoms with Crippen LogP contribution in [0.3, 0.4) is 0 Å². The van der Waals surface area contributed by atoms with Gasteiger partial charge < -0.3 is 15.8 Å². The van der Waals surface area contributed by atoms with Crippen molar-refractivity contribution >= 4 is 11.6 Å². The maximum Gasteiger partial charge on any atom is 0.269 e. The molecule has 1 amide bonds. The molecule has 2 atom stereocenters.